The van der Waals surface area contributed by atoms with Crippen LogP contribution in [0.4, 0.5) is 0 Å². The Labute approximate surface area is 168 Å². The van der Waals surface area contributed by atoms with E-state index in [1.165, 1.54) is 0 Å². The molecule has 146 valence electrons. The van der Waals surface area contributed by atoms with Gasteiger partial charge in [0, 0.05) is 0 Å². The molecule has 0 amide bonds. The normalized spacial score (nSPS) is 12.8. The van der Waals surface area contributed by atoms with Gasteiger partial charge < -0.3 is 0 Å². The van der Waals surface area contributed by atoms with Crippen LogP contribution in [0, 0.1) is 6.92 Å². The third kappa shape index (κ3) is 3.46. The van der Waals surface area contributed by atoms with E-state index in [-0.39, 0.29) is 9.93 Å². The minimum absolute atomic E-state index is 0.00685. The molecule has 0 aromatic heterocycles. The smallest absolute Gasteiger partial charge is 0.282 e. The molecule has 5 heteroatoms. The maximum atomic E-state index is 12.4. The highest BCUT2D eigenvalue weighted by Crippen LogP contribution is 2.37. The van der Waals surface area contributed by atoms with E-state index >= 15 is 0 Å². The van der Waals surface area contributed by atoms with Crippen LogP contribution in [0.1, 0.15) is 26.3 Å². The van der Waals surface area contributed by atoms with E-state index in [2.05, 4.69) is 45.0 Å². The first-order valence-corrected chi connectivity index (χ1v) is 12.7. The molecule has 0 aliphatic carbocycles. The van der Waals surface area contributed by atoms with Gasteiger partial charge in [0.1, 0.15) is 0 Å². The Morgan fingerprint density at radius 2 is 1.25 bits per heavy atom. The zero-order valence-electron chi connectivity index (χ0n) is 16.7. The molecule has 0 aliphatic rings. The Bertz CT molecular complexity index is 1030. The van der Waals surface area contributed by atoms with E-state index in [0.717, 1.165) is 21.1 Å². The second kappa shape index (κ2) is 7.31. The Kier molecular flexibility index (Phi) is 5.36. The maximum absolute atomic E-state index is 12.4. The molecule has 0 spiro atoms. The van der Waals surface area contributed by atoms with Gasteiger partial charge in [0.2, 0.25) is 0 Å². The molecule has 0 saturated carbocycles. The van der Waals surface area contributed by atoms with E-state index in [1.54, 1.807) is 12.1 Å². The van der Waals surface area contributed by atoms with Gasteiger partial charge in [0.05, 0.1) is 4.90 Å². The van der Waals surface area contributed by atoms with E-state index in [0.29, 0.717) is 0 Å². The third-order valence-corrected chi connectivity index (χ3v) is 12.3. The molecule has 28 heavy (non-hydrogen) atoms. The topological polar surface area (TPSA) is 54.4 Å². The molecule has 0 fully saturated rings. The fraction of sp³-hybridized carbons (Fsp3) is 0.217. The van der Waals surface area contributed by atoms with E-state index in [1.807, 2.05) is 49.4 Å². The Morgan fingerprint density at radius 1 is 0.786 bits per heavy atom. The van der Waals surface area contributed by atoms with Gasteiger partial charge in [-0.3, -0.25) is 4.55 Å². The lowest BCUT2D eigenvalue weighted by molar-refractivity contribution is 0.484. The summed E-state index contributed by atoms with van der Waals surface area (Å²) in [7, 11) is -7.23. The van der Waals surface area contributed by atoms with Gasteiger partial charge in [-0.05, 0) is 33.6 Å². The SMILES string of the molecule is Cc1ccc(S(=O)(=O)O)c([Si](c2ccccc2)(c2ccccc2)C(C)(C)C)c1. The number of hydrogen-bond donors (Lipinski definition) is 1. The summed E-state index contributed by atoms with van der Waals surface area (Å²) >= 11 is 0. The Morgan fingerprint density at radius 3 is 1.64 bits per heavy atom. The largest absolute Gasteiger partial charge is 0.294 e. The Hall–Kier alpha value is -2.21. The van der Waals surface area contributed by atoms with Crippen LogP contribution < -0.4 is 15.6 Å². The summed E-state index contributed by atoms with van der Waals surface area (Å²) in [5, 5.41) is 2.69. The van der Waals surface area contributed by atoms with Crippen molar-refractivity contribution in [3.8, 4) is 0 Å². The summed E-state index contributed by atoms with van der Waals surface area (Å²) < 4.78 is 34.8. The Balaban J connectivity index is 2.58. The third-order valence-electron chi connectivity index (χ3n) is 5.36. The second-order valence-corrected chi connectivity index (χ2v) is 14.3. The first-order valence-electron chi connectivity index (χ1n) is 9.28. The summed E-state index contributed by atoms with van der Waals surface area (Å²) in [5.74, 6) is 0. The van der Waals surface area contributed by atoms with Gasteiger partial charge in [-0.1, -0.05) is 99.1 Å². The fourth-order valence-corrected chi connectivity index (χ4v) is 11.5. The van der Waals surface area contributed by atoms with Crippen molar-refractivity contribution in [1.29, 1.82) is 0 Å². The van der Waals surface area contributed by atoms with E-state index in [9.17, 15) is 13.0 Å². The van der Waals surface area contributed by atoms with E-state index in [4.69, 9.17) is 0 Å². The summed E-state index contributed by atoms with van der Waals surface area (Å²) in [5.41, 5.74) is 0.968. The van der Waals surface area contributed by atoms with Crippen LogP contribution in [-0.4, -0.2) is 21.0 Å². The quantitative estimate of drug-likeness (QED) is 0.407. The summed E-state index contributed by atoms with van der Waals surface area (Å²) in [6.07, 6.45) is 0. The minimum atomic E-state index is -4.37. The molecular formula is C23H26O3SSi. The standard InChI is InChI=1S/C23H26O3SSi/c1-18-15-16-21(27(24,25)26)22(17-18)28(23(2,3)4,19-11-7-5-8-12-19)20-13-9-6-10-14-20/h5-17H,1-4H3,(H,24,25,26). The van der Waals surface area contributed by atoms with Crippen molar-refractivity contribution in [2.75, 3.05) is 0 Å². The lowest BCUT2D eigenvalue weighted by atomic mass is 10.2. The number of rotatable bonds is 4. The second-order valence-electron chi connectivity index (χ2n) is 8.21. The van der Waals surface area contributed by atoms with Crippen molar-refractivity contribution in [3.05, 3.63) is 84.4 Å². The van der Waals surface area contributed by atoms with Gasteiger partial charge in [0.15, 0.2) is 8.07 Å². The molecule has 3 rings (SSSR count). The van der Waals surface area contributed by atoms with Gasteiger partial charge in [0.25, 0.3) is 10.1 Å². The molecule has 0 radical (unpaired) electrons. The molecule has 0 bridgehead atoms. The maximum Gasteiger partial charge on any atom is 0.294 e. The highest BCUT2D eigenvalue weighted by Gasteiger charge is 2.51. The van der Waals surface area contributed by atoms with Gasteiger partial charge in [-0.2, -0.15) is 8.42 Å². The zero-order chi connectivity index (χ0) is 20.6. The number of aryl methyl sites for hydroxylation is 1. The molecule has 3 aromatic carbocycles. The van der Waals surface area contributed by atoms with Crippen LogP contribution >= 0.6 is 0 Å². The van der Waals surface area contributed by atoms with Crippen LogP contribution in [0.25, 0.3) is 0 Å². The van der Waals surface area contributed by atoms with Crippen LogP contribution in [0.3, 0.4) is 0 Å². The molecule has 1 N–H and O–H groups in total. The van der Waals surface area contributed by atoms with Gasteiger partial charge >= 0.3 is 0 Å². The minimum Gasteiger partial charge on any atom is -0.282 e. The average molecular weight is 411 g/mol. The molecule has 3 nitrogen and oxygen atoms in total. The summed E-state index contributed by atoms with van der Waals surface area (Å²) in [6.45, 7) is 8.44. The van der Waals surface area contributed by atoms with Crippen LogP contribution in [-0.2, 0) is 10.1 Å². The molecule has 0 heterocycles. The lowest BCUT2D eigenvalue weighted by Crippen LogP contribution is -2.73. The summed E-state index contributed by atoms with van der Waals surface area (Å²) in [4.78, 5) is 0.00685. The van der Waals surface area contributed by atoms with Crippen LogP contribution in [0.2, 0.25) is 5.04 Å². The first-order chi connectivity index (χ1) is 13.1. The molecule has 0 aliphatic heterocycles. The van der Waals surface area contributed by atoms with Crippen molar-refractivity contribution >= 4 is 33.8 Å². The first kappa shape index (κ1) is 20.5. The number of hydrogen-bond acceptors (Lipinski definition) is 2. The highest BCUT2D eigenvalue weighted by molar-refractivity contribution is 7.86. The molecule has 0 unspecified atom stereocenters. The van der Waals surface area contributed by atoms with E-state index < -0.39 is 18.2 Å². The molecule has 0 saturated heterocycles. The monoisotopic (exact) mass is 410 g/mol. The molecular weight excluding hydrogens is 384 g/mol. The average Bonchev–Trinajstić information content (AvgIpc) is 2.62. The van der Waals surface area contributed by atoms with Crippen molar-refractivity contribution in [2.24, 2.45) is 0 Å². The number of benzene rings is 3. The van der Waals surface area contributed by atoms with Gasteiger partial charge in [-0.25, -0.2) is 0 Å². The zero-order valence-corrected chi connectivity index (χ0v) is 18.5. The van der Waals surface area contributed by atoms with Crippen molar-refractivity contribution in [2.45, 2.75) is 37.6 Å². The van der Waals surface area contributed by atoms with Crippen molar-refractivity contribution in [3.63, 3.8) is 0 Å². The van der Waals surface area contributed by atoms with Crippen molar-refractivity contribution in [1.82, 2.24) is 0 Å². The highest BCUT2D eigenvalue weighted by atomic mass is 32.2. The lowest BCUT2D eigenvalue weighted by Gasteiger charge is -2.45. The van der Waals surface area contributed by atoms with Crippen molar-refractivity contribution < 1.29 is 13.0 Å². The summed E-state index contributed by atoms with van der Waals surface area (Å²) in [6, 6.07) is 25.5. The predicted octanol–water partition coefficient (Wildman–Crippen LogP) is 3.51. The predicted molar refractivity (Wildman–Crippen MR) is 118 cm³/mol. The van der Waals surface area contributed by atoms with Gasteiger partial charge in [-0.15, -0.1) is 0 Å². The molecule has 0 atom stereocenters. The van der Waals surface area contributed by atoms with Crippen LogP contribution in [0.5, 0.6) is 0 Å². The van der Waals surface area contributed by atoms with Crippen LogP contribution in [0.15, 0.2) is 83.8 Å². The molecule has 3 aromatic rings. The fourth-order valence-electron chi connectivity index (χ4n) is 4.29.